The van der Waals surface area contributed by atoms with Crippen molar-refractivity contribution in [3.05, 3.63) is 65.5 Å². The fourth-order valence-electron chi connectivity index (χ4n) is 2.67. The van der Waals surface area contributed by atoms with Gasteiger partial charge in [0.2, 0.25) is 5.89 Å². The summed E-state index contributed by atoms with van der Waals surface area (Å²) in [5.74, 6) is 0.599. The van der Waals surface area contributed by atoms with Crippen molar-refractivity contribution in [2.45, 2.75) is 17.7 Å². The highest BCUT2D eigenvalue weighted by Crippen LogP contribution is 2.28. The summed E-state index contributed by atoms with van der Waals surface area (Å²) in [4.78, 5) is 16.4. The average Bonchev–Trinajstić information content (AvgIpc) is 3.40. The number of rotatable bonds is 7. The minimum atomic E-state index is -3.72. The molecule has 1 aromatic heterocycles. The van der Waals surface area contributed by atoms with Crippen LogP contribution in [-0.2, 0) is 10.0 Å². The van der Waals surface area contributed by atoms with Crippen LogP contribution in [0.2, 0.25) is 5.02 Å². The smallest absolute Gasteiger partial charge is 0.273 e. The van der Waals surface area contributed by atoms with E-state index in [1.807, 2.05) is 0 Å². The Morgan fingerprint density at radius 2 is 1.79 bits per heavy atom. The number of nitrogens with one attached hydrogen (secondary N) is 2. The Morgan fingerprint density at radius 1 is 1.10 bits per heavy atom. The number of anilines is 1. The number of aromatic nitrogens is 1. The Balaban J connectivity index is 1.43. The van der Waals surface area contributed by atoms with Crippen LogP contribution in [0.5, 0.6) is 0 Å². The maximum Gasteiger partial charge on any atom is 0.273 e. The molecule has 0 spiro atoms. The summed E-state index contributed by atoms with van der Waals surface area (Å²) in [6.45, 7) is 0.656. The van der Waals surface area contributed by atoms with E-state index in [1.54, 1.807) is 24.3 Å². The number of carbonyl (C=O) groups excluding carboxylic acids is 1. The first kappa shape index (κ1) is 19.5. The van der Waals surface area contributed by atoms with Gasteiger partial charge in [-0.25, -0.2) is 13.4 Å². The van der Waals surface area contributed by atoms with Crippen LogP contribution in [0.1, 0.15) is 23.3 Å². The Labute approximate surface area is 173 Å². The molecule has 4 rings (SSSR count). The molecule has 1 saturated carbocycles. The van der Waals surface area contributed by atoms with Crippen LogP contribution < -0.4 is 10.0 Å². The zero-order valence-corrected chi connectivity index (χ0v) is 16.8. The fourth-order valence-corrected chi connectivity index (χ4v) is 3.85. The van der Waals surface area contributed by atoms with E-state index in [4.69, 9.17) is 16.0 Å². The van der Waals surface area contributed by atoms with Gasteiger partial charge in [0.15, 0.2) is 5.69 Å². The predicted molar refractivity (Wildman–Crippen MR) is 109 cm³/mol. The third-order valence-electron chi connectivity index (χ3n) is 4.49. The first-order valence-corrected chi connectivity index (χ1v) is 10.9. The molecule has 2 N–H and O–H groups in total. The highest BCUT2D eigenvalue weighted by Gasteiger charge is 2.23. The normalized spacial score (nSPS) is 13.8. The van der Waals surface area contributed by atoms with E-state index in [1.165, 1.54) is 30.5 Å². The summed E-state index contributed by atoms with van der Waals surface area (Å²) in [6, 6.07) is 12.4. The van der Waals surface area contributed by atoms with E-state index in [0.29, 0.717) is 28.7 Å². The lowest BCUT2D eigenvalue weighted by Crippen LogP contribution is -2.25. The van der Waals surface area contributed by atoms with Crippen LogP contribution in [0.25, 0.3) is 11.5 Å². The lowest BCUT2D eigenvalue weighted by molar-refractivity contribution is 0.0947. The number of hydrogen-bond acceptors (Lipinski definition) is 5. The molecule has 2 aromatic carbocycles. The molecule has 7 nitrogen and oxygen atoms in total. The van der Waals surface area contributed by atoms with E-state index < -0.39 is 10.0 Å². The van der Waals surface area contributed by atoms with Gasteiger partial charge in [-0.2, -0.15) is 0 Å². The van der Waals surface area contributed by atoms with Gasteiger partial charge in [0, 0.05) is 22.8 Å². The third-order valence-corrected chi connectivity index (χ3v) is 6.14. The van der Waals surface area contributed by atoms with Crippen LogP contribution >= 0.6 is 11.6 Å². The largest absolute Gasteiger partial charge is 0.444 e. The monoisotopic (exact) mass is 431 g/mol. The summed E-state index contributed by atoms with van der Waals surface area (Å²) < 4.78 is 32.8. The lowest BCUT2D eigenvalue weighted by atomic mass is 10.2. The van der Waals surface area contributed by atoms with Crippen molar-refractivity contribution in [3.8, 4) is 11.5 Å². The number of amides is 1. The van der Waals surface area contributed by atoms with Gasteiger partial charge >= 0.3 is 0 Å². The van der Waals surface area contributed by atoms with Crippen LogP contribution in [0.3, 0.4) is 0 Å². The summed E-state index contributed by atoms with van der Waals surface area (Å²) in [5.41, 5.74) is 1.23. The van der Waals surface area contributed by atoms with E-state index in [2.05, 4.69) is 15.0 Å². The van der Waals surface area contributed by atoms with Gasteiger partial charge in [-0.3, -0.25) is 9.52 Å². The van der Waals surface area contributed by atoms with Crippen molar-refractivity contribution in [1.82, 2.24) is 10.3 Å². The summed E-state index contributed by atoms with van der Waals surface area (Å²) in [5, 5.41) is 3.29. The number of hydrogen-bond donors (Lipinski definition) is 2. The van der Waals surface area contributed by atoms with Gasteiger partial charge in [0.25, 0.3) is 15.9 Å². The summed E-state index contributed by atoms with van der Waals surface area (Å²) in [7, 11) is -3.72. The topological polar surface area (TPSA) is 101 Å². The zero-order chi connectivity index (χ0) is 20.4. The molecule has 1 aliphatic rings. The molecule has 3 aromatic rings. The van der Waals surface area contributed by atoms with Crippen molar-refractivity contribution in [2.24, 2.45) is 5.92 Å². The molecule has 0 aliphatic heterocycles. The maximum atomic E-state index is 12.4. The predicted octanol–water partition coefficient (Wildman–Crippen LogP) is 3.94. The Bertz CT molecular complexity index is 1120. The van der Waals surface area contributed by atoms with E-state index in [-0.39, 0.29) is 22.4 Å². The molecule has 150 valence electrons. The molecule has 29 heavy (non-hydrogen) atoms. The molecule has 0 unspecified atom stereocenters. The third kappa shape index (κ3) is 4.78. The van der Waals surface area contributed by atoms with Gasteiger partial charge in [-0.15, -0.1) is 0 Å². The number of benzene rings is 2. The molecule has 0 bridgehead atoms. The second kappa shape index (κ2) is 7.88. The molecule has 0 saturated heterocycles. The lowest BCUT2D eigenvalue weighted by Gasteiger charge is -2.08. The molecule has 1 aliphatic carbocycles. The molecule has 1 fully saturated rings. The van der Waals surface area contributed by atoms with Crippen molar-refractivity contribution < 1.29 is 17.6 Å². The van der Waals surface area contributed by atoms with Gasteiger partial charge in [0.1, 0.15) is 6.26 Å². The first-order chi connectivity index (χ1) is 13.9. The van der Waals surface area contributed by atoms with E-state index >= 15 is 0 Å². The van der Waals surface area contributed by atoms with Crippen molar-refractivity contribution in [2.75, 3.05) is 11.3 Å². The van der Waals surface area contributed by atoms with Crippen molar-refractivity contribution in [1.29, 1.82) is 0 Å². The molecule has 1 heterocycles. The minimum Gasteiger partial charge on any atom is -0.444 e. The second-order valence-corrected chi connectivity index (χ2v) is 8.95. The van der Waals surface area contributed by atoms with Crippen molar-refractivity contribution >= 4 is 33.2 Å². The summed E-state index contributed by atoms with van der Waals surface area (Å²) >= 11 is 5.80. The molecule has 1 amide bonds. The van der Waals surface area contributed by atoms with Crippen LogP contribution in [0.4, 0.5) is 5.69 Å². The van der Waals surface area contributed by atoms with E-state index in [0.717, 1.165) is 12.8 Å². The molecule has 0 atom stereocenters. The Kier molecular flexibility index (Phi) is 5.29. The number of halogens is 1. The molecule has 0 radical (unpaired) electrons. The van der Waals surface area contributed by atoms with Gasteiger partial charge < -0.3 is 9.73 Å². The molecular formula is C20H18ClN3O4S. The number of carbonyl (C=O) groups is 1. The molecular weight excluding hydrogens is 414 g/mol. The molecule has 9 heteroatoms. The number of oxazole rings is 1. The standard InChI is InChI=1S/C20H18ClN3O4S/c21-15-5-9-17(10-6-15)29(26,27)24-16-7-3-14(4-8-16)20-23-18(12-28-20)19(25)22-11-13-1-2-13/h3-10,12-13,24H,1-2,11H2,(H,22,25). The van der Waals surface area contributed by atoms with Crippen LogP contribution in [0.15, 0.2) is 64.1 Å². The van der Waals surface area contributed by atoms with Gasteiger partial charge in [-0.1, -0.05) is 11.6 Å². The van der Waals surface area contributed by atoms with Gasteiger partial charge in [-0.05, 0) is 67.3 Å². The zero-order valence-electron chi connectivity index (χ0n) is 15.3. The Hall–Kier alpha value is -2.84. The number of nitrogens with zero attached hydrogens (tertiary/aromatic N) is 1. The SMILES string of the molecule is O=C(NCC1CC1)c1coc(-c2ccc(NS(=O)(=O)c3ccc(Cl)cc3)cc2)n1. The highest BCUT2D eigenvalue weighted by molar-refractivity contribution is 7.92. The average molecular weight is 432 g/mol. The first-order valence-electron chi connectivity index (χ1n) is 9.03. The minimum absolute atomic E-state index is 0.112. The highest BCUT2D eigenvalue weighted by atomic mass is 35.5. The fraction of sp³-hybridized carbons (Fsp3) is 0.200. The van der Waals surface area contributed by atoms with Crippen molar-refractivity contribution in [3.63, 3.8) is 0 Å². The Morgan fingerprint density at radius 3 is 2.45 bits per heavy atom. The number of sulfonamides is 1. The second-order valence-electron chi connectivity index (χ2n) is 6.83. The van der Waals surface area contributed by atoms with Crippen LogP contribution in [-0.4, -0.2) is 25.9 Å². The maximum absolute atomic E-state index is 12.4. The van der Waals surface area contributed by atoms with Crippen LogP contribution in [0, 0.1) is 5.92 Å². The summed E-state index contributed by atoms with van der Waals surface area (Å²) in [6.07, 6.45) is 3.62. The quantitative estimate of drug-likeness (QED) is 0.590. The van der Waals surface area contributed by atoms with Gasteiger partial charge in [0.05, 0.1) is 4.90 Å². The van der Waals surface area contributed by atoms with E-state index in [9.17, 15) is 13.2 Å².